The fourth-order valence-corrected chi connectivity index (χ4v) is 4.34. The van der Waals surface area contributed by atoms with Crippen LogP contribution >= 0.6 is 15.9 Å². The van der Waals surface area contributed by atoms with Gasteiger partial charge in [-0.25, -0.2) is 4.39 Å². The van der Waals surface area contributed by atoms with Gasteiger partial charge in [0.15, 0.2) is 0 Å². The molecule has 0 aliphatic heterocycles. The summed E-state index contributed by atoms with van der Waals surface area (Å²) in [6, 6.07) is 8.16. The molecule has 0 saturated heterocycles. The van der Waals surface area contributed by atoms with E-state index in [1.807, 2.05) is 25.2 Å². The average molecular weight is 473 g/mol. The molecule has 3 nitrogen and oxygen atoms in total. The van der Waals surface area contributed by atoms with Crippen LogP contribution in [0.4, 0.5) is 28.9 Å². The SMILES string of the molecule is CNc1ccc(C2CCCC(C(=O)Nc3ccc(C(F)(F)F)cc3F)C2)cc1Br. The van der Waals surface area contributed by atoms with Crippen molar-refractivity contribution in [2.24, 2.45) is 5.92 Å². The Morgan fingerprint density at radius 1 is 1.10 bits per heavy atom. The molecule has 0 bridgehead atoms. The highest BCUT2D eigenvalue weighted by Gasteiger charge is 2.32. The molecule has 2 aromatic rings. The Hall–Kier alpha value is -2.09. The third kappa shape index (κ3) is 5.10. The number of hydrogen-bond acceptors (Lipinski definition) is 2. The highest BCUT2D eigenvalue weighted by Crippen LogP contribution is 2.39. The van der Waals surface area contributed by atoms with Crippen molar-refractivity contribution >= 4 is 33.2 Å². The molecule has 2 N–H and O–H groups in total. The Morgan fingerprint density at radius 3 is 2.45 bits per heavy atom. The Kier molecular flexibility index (Phi) is 6.51. The Morgan fingerprint density at radius 2 is 1.83 bits per heavy atom. The van der Waals surface area contributed by atoms with Gasteiger partial charge in [0.1, 0.15) is 5.82 Å². The molecule has 2 unspecified atom stereocenters. The summed E-state index contributed by atoms with van der Waals surface area (Å²) in [4.78, 5) is 12.6. The monoisotopic (exact) mass is 472 g/mol. The summed E-state index contributed by atoms with van der Waals surface area (Å²) in [5.41, 5.74) is 0.776. The van der Waals surface area contributed by atoms with Crippen LogP contribution in [0.5, 0.6) is 0 Å². The molecule has 29 heavy (non-hydrogen) atoms. The van der Waals surface area contributed by atoms with Crippen molar-refractivity contribution in [1.29, 1.82) is 0 Å². The molecule has 0 radical (unpaired) electrons. The molecule has 2 atom stereocenters. The first-order chi connectivity index (χ1) is 13.7. The van der Waals surface area contributed by atoms with E-state index >= 15 is 0 Å². The van der Waals surface area contributed by atoms with Gasteiger partial charge in [-0.3, -0.25) is 4.79 Å². The lowest BCUT2D eigenvalue weighted by atomic mass is 9.77. The van der Waals surface area contributed by atoms with Gasteiger partial charge in [-0.15, -0.1) is 0 Å². The summed E-state index contributed by atoms with van der Waals surface area (Å²) in [7, 11) is 1.83. The summed E-state index contributed by atoms with van der Waals surface area (Å²) in [6.45, 7) is 0. The number of halogens is 5. The molecule has 0 heterocycles. The number of hydrogen-bond donors (Lipinski definition) is 2. The second kappa shape index (κ2) is 8.73. The van der Waals surface area contributed by atoms with Gasteiger partial charge in [0.25, 0.3) is 0 Å². The molecule has 2 aromatic carbocycles. The van der Waals surface area contributed by atoms with E-state index in [0.29, 0.717) is 18.9 Å². The van der Waals surface area contributed by atoms with Crippen LogP contribution < -0.4 is 10.6 Å². The number of alkyl halides is 3. The number of rotatable bonds is 4. The van der Waals surface area contributed by atoms with E-state index < -0.39 is 17.6 Å². The van der Waals surface area contributed by atoms with E-state index in [1.54, 1.807) is 0 Å². The van der Waals surface area contributed by atoms with Crippen molar-refractivity contribution in [3.05, 3.63) is 57.8 Å². The van der Waals surface area contributed by atoms with Crippen LogP contribution in [0.2, 0.25) is 0 Å². The van der Waals surface area contributed by atoms with Crippen molar-refractivity contribution in [3.8, 4) is 0 Å². The molecule has 1 aliphatic rings. The van der Waals surface area contributed by atoms with E-state index in [9.17, 15) is 22.4 Å². The molecule has 0 aromatic heterocycles. The Bertz CT molecular complexity index is 901. The first-order valence-electron chi connectivity index (χ1n) is 9.34. The van der Waals surface area contributed by atoms with Crippen molar-refractivity contribution in [3.63, 3.8) is 0 Å². The molecule has 3 rings (SSSR count). The van der Waals surface area contributed by atoms with Crippen LogP contribution in [0.1, 0.15) is 42.7 Å². The summed E-state index contributed by atoms with van der Waals surface area (Å²) in [6.07, 6.45) is -1.55. The molecular weight excluding hydrogens is 452 g/mol. The smallest absolute Gasteiger partial charge is 0.387 e. The minimum atomic E-state index is -4.63. The molecule has 0 spiro atoms. The third-order valence-corrected chi connectivity index (χ3v) is 5.99. The Labute approximate surface area is 175 Å². The first kappa shape index (κ1) is 21.6. The van der Waals surface area contributed by atoms with Gasteiger partial charge in [0.05, 0.1) is 11.3 Å². The molecule has 156 valence electrons. The lowest BCUT2D eigenvalue weighted by Gasteiger charge is -2.29. The fraction of sp³-hybridized carbons (Fsp3) is 0.381. The van der Waals surface area contributed by atoms with Gasteiger partial charge in [0, 0.05) is 23.1 Å². The van der Waals surface area contributed by atoms with Crippen LogP contribution in [0.3, 0.4) is 0 Å². The highest BCUT2D eigenvalue weighted by molar-refractivity contribution is 9.10. The maximum atomic E-state index is 14.0. The lowest BCUT2D eigenvalue weighted by molar-refractivity contribution is -0.137. The van der Waals surface area contributed by atoms with Gasteiger partial charge in [-0.1, -0.05) is 12.5 Å². The summed E-state index contributed by atoms with van der Waals surface area (Å²) < 4.78 is 53.0. The fourth-order valence-electron chi connectivity index (χ4n) is 3.75. The molecule has 1 fully saturated rings. The van der Waals surface area contributed by atoms with Gasteiger partial charge >= 0.3 is 6.18 Å². The minimum Gasteiger partial charge on any atom is -0.387 e. The van der Waals surface area contributed by atoms with Gasteiger partial charge < -0.3 is 10.6 Å². The van der Waals surface area contributed by atoms with E-state index in [0.717, 1.165) is 40.7 Å². The standard InChI is InChI=1S/C21H21BrF4N2O/c1-27-18-7-5-13(10-16(18)22)12-3-2-4-14(9-12)20(29)28-19-8-6-15(11-17(19)23)21(24,25)26/h5-8,10-12,14,27H,2-4,9H2,1H3,(H,28,29). The zero-order valence-electron chi connectivity index (χ0n) is 15.7. The zero-order valence-corrected chi connectivity index (χ0v) is 17.3. The largest absolute Gasteiger partial charge is 0.416 e. The van der Waals surface area contributed by atoms with Gasteiger partial charge in [-0.05, 0) is 77.0 Å². The maximum Gasteiger partial charge on any atom is 0.416 e. The topological polar surface area (TPSA) is 41.1 Å². The number of amides is 1. The number of anilines is 2. The highest BCUT2D eigenvalue weighted by atomic mass is 79.9. The van der Waals surface area contributed by atoms with Crippen molar-refractivity contribution < 1.29 is 22.4 Å². The molecular formula is C21H21BrF4N2O. The number of benzene rings is 2. The van der Waals surface area contributed by atoms with Gasteiger partial charge in [-0.2, -0.15) is 13.2 Å². The zero-order chi connectivity index (χ0) is 21.2. The van der Waals surface area contributed by atoms with Crippen LogP contribution in [0.25, 0.3) is 0 Å². The van der Waals surface area contributed by atoms with Crippen LogP contribution in [0.15, 0.2) is 40.9 Å². The Balaban J connectivity index is 1.69. The van der Waals surface area contributed by atoms with Crippen molar-refractivity contribution in [2.45, 2.75) is 37.8 Å². The van der Waals surface area contributed by atoms with E-state index in [-0.39, 0.29) is 23.4 Å². The van der Waals surface area contributed by atoms with Crippen molar-refractivity contribution in [1.82, 2.24) is 0 Å². The summed E-state index contributed by atoms with van der Waals surface area (Å²) in [5.74, 6) is -1.58. The number of carbonyl (C=O) groups excluding carboxylic acids is 1. The molecule has 1 amide bonds. The molecule has 8 heteroatoms. The normalized spacial score (nSPS) is 19.7. The van der Waals surface area contributed by atoms with Gasteiger partial charge in [0.2, 0.25) is 5.91 Å². The summed E-state index contributed by atoms with van der Waals surface area (Å²) in [5, 5.41) is 5.54. The van der Waals surface area contributed by atoms with E-state index in [1.165, 1.54) is 0 Å². The first-order valence-corrected chi connectivity index (χ1v) is 10.1. The van der Waals surface area contributed by atoms with Crippen LogP contribution in [-0.2, 0) is 11.0 Å². The van der Waals surface area contributed by atoms with Crippen molar-refractivity contribution in [2.75, 3.05) is 17.7 Å². The van der Waals surface area contributed by atoms with E-state index in [2.05, 4.69) is 26.6 Å². The molecule has 1 saturated carbocycles. The predicted molar refractivity (Wildman–Crippen MR) is 108 cm³/mol. The number of carbonyl (C=O) groups is 1. The predicted octanol–water partition coefficient (Wildman–Crippen LogP) is 6.56. The number of nitrogens with one attached hydrogen (secondary N) is 2. The lowest BCUT2D eigenvalue weighted by Crippen LogP contribution is -2.28. The summed E-state index contributed by atoms with van der Waals surface area (Å²) >= 11 is 3.53. The van der Waals surface area contributed by atoms with E-state index in [4.69, 9.17) is 0 Å². The average Bonchev–Trinajstić information content (AvgIpc) is 2.68. The third-order valence-electron chi connectivity index (χ3n) is 5.33. The maximum absolute atomic E-state index is 14.0. The second-order valence-corrected chi connectivity index (χ2v) is 8.09. The molecule has 1 aliphatic carbocycles. The second-order valence-electron chi connectivity index (χ2n) is 7.23. The van der Waals surface area contributed by atoms with Crippen LogP contribution in [-0.4, -0.2) is 13.0 Å². The quantitative estimate of drug-likeness (QED) is 0.494. The minimum absolute atomic E-state index is 0.194. The van der Waals surface area contributed by atoms with Crippen LogP contribution in [0, 0.1) is 11.7 Å².